The number of fused-ring (bicyclic) bond motifs is 1. The predicted molar refractivity (Wildman–Crippen MR) is 73.3 cm³/mol. The van der Waals surface area contributed by atoms with Gasteiger partial charge in [-0.3, -0.25) is 14.9 Å². The van der Waals surface area contributed by atoms with Crippen molar-refractivity contribution < 1.29 is 9.59 Å². The highest BCUT2D eigenvalue weighted by Crippen LogP contribution is 2.25. The van der Waals surface area contributed by atoms with E-state index in [9.17, 15) is 9.59 Å². The van der Waals surface area contributed by atoms with E-state index >= 15 is 0 Å². The zero-order valence-electron chi connectivity index (χ0n) is 10.4. The molecule has 6 heteroatoms. The maximum atomic E-state index is 12.0. The van der Waals surface area contributed by atoms with Crippen LogP contribution in [-0.2, 0) is 9.59 Å². The monoisotopic (exact) mass is 275 g/mol. The first-order valence-corrected chi connectivity index (χ1v) is 6.51. The minimum Gasteiger partial charge on any atom is -0.331 e. The van der Waals surface area contributed by atoms with Gasteiger partial charge in [-0.25, -0.2) is 0 Å². The van der Waals surface area contributed by atoms with Gasteiger partial charge in [-0.05, 0) is 43.3 Å². The molecule has 1 aromatic heterocycles. The number of nitrogens with one attached hydrogen (secondary N) is 2. The maximum absolute atomic E-state index is 12.0. The maximum Gasteiger partial charge on any atom is 0.249 e. The van der Waals surface area contributed by atoms with Gasteiger partial charge in [-0.15, -0.1) is 0 Å². The number of piperidine rings is 1. The van der Waals surface area contributed by atoms with E-state index < -0.39 is 6.04 Å². The lowest BCUT2D eigenvalue weighted by Crippen LogP contribution is -2.41. The van der Waals surface area contributed by atoms with E-state index in [-0.39, 0.29) is 11.8 Å². The van der Waals surface area contributed by atoms with E-state index in [1.807, 2.05) is 25.1 Å². The Bertz CT molecular complexity index is 744. The fourth-order valence-electron chi connectivity index (χ4n) is 2.47. The van der Waals surface area contributed by atoms with E-state index in [1.165, 1.54) is 0 Å². The Balaban J connectivity index is 2.17. The smallest absolute Gasteiger partial charge is 0.249 e. The highest BCUT2D eigenvalue weighted by Gasteiger charge is 2.29. The number of nitrogens with zero attached hydrogens (tertiary/aromatic N) is 1. The molecule has 0 saturated carbocycles. The van der Waals surface area contributed by atoms with Crippen LogP contribution in [0.25, 0.3) is 11.0 Å². The van der Waals surface area contributed by atoms with Crippen LogP contribution in [-0.4, -0.2) is 21.4 Å². The molecule has 1 aromatic carbocycles. The molecule has 1 aliphatic heterocycles. The summed E-state index contributed by atoms with van der Waals surface area (Å²) in [5, 5.41) is 2.37. The molecule has 98 valence electrons. The number of aromatic amines is 1. The summed E-state index contributed by atoms with van der Waals surface area (Å²) in [6, 6.07) is 5.51. The van der Waals surface area contributed by atoms with Crippen molar-refractivity contribution in [2.24, 2.45) is 0 Å². The largest absolute Gasteiger partial charge is 0.331 e. The third-order valence-electron chi connectivity index (χ3n) is 3.39. The van der Waals surface area contributed by atoms with Crippen LogP contribution in [0.15, 0.2) is 18.2 Å². The van der Waals surface area contributed by atoms with Crippen molar-refractivity contribution in [3.8, 4) is 0 Å². The van der Waals surface area contributed by atoms with Gasteiger partial charge < -0.3 is 9.55 Å². The normalized spacial score (nSPS) is 19.7. The molecule has 19 heavy (non-hydrogen) atoms. The first-order chi connectivity index (χ1) is 9.06. The van der Waals surface area contributed by atoms with Gasteiger partial charge in [0.1, 0.15) is 6.04 Å². The molecule has 2 N–H and O–H groups in total. The Labute approximate surface area is 114 Å². The lowest BCUT2D eigenvalue weighted by molar-refractivity contribution is -0.135. The van der Waals surface area contributed by atoms with E-state index in [4.69, 9.17) is 12.2 Å². The Morgan fingerprint density at radius 3 is 2.89 bits per heavy atom. The van der Waals surface area contributed by atoms with Crippen LogP contribution in [0.1, 0.15) is 24.4 Å². The fourth-order valence-corrected chi connectivity index (χ4v) is 2.80. The molecule has 1 fully saturated rings. The molecule has 1 atom stereocenters. The lowest BCUT2D eigenvalue weighted by atomic mass is 10.1. The topological polar surface area (TPSA) is 66.9 Å². The number of hydrogen-bond donors (Lipinski definition) is 2. The first kappa shape index (κ1) is 12.1. The number of H-pyrrole nitrogens is 1. The van der Waals surface area contributed by atoms with E-state index in [1.54, 1.807) is 4.57 Å². The molecule has 3 rings (SSSR count). The molecule has 1 unspecified atom stereocenters. The van der Waals surface area contributed by atoms with Crippen LogP contribution in [0.3, 0.4) is 0 Å². The molecule has 5 nitrogen and oxygen atoms in total. The Hall–Kier alpha value is -1.95. The molecule has 0 spiro atoms. The SMILES string of the molecule is Cc1ccc2[nH]c(=S)n(C3CCC(=O)NC3=O)c2c1. The van der Waals surface area contributed by atoms with Gasteiger partial charge in [0, 0.05) is 6.42 Å². The molecule has 2 aromatic rings. The zero-order valence-corrected chi connectivity index (χ0v) is 11.2. The van der Waals surface area contributed by atoms with Crippen LogP contribution in [0.2, 0.25) is 0 Å². The van der Waals surface area contributed by atoms with Gasteiger partial charge in [0.15, 0.2) is 4.77 Å². The number of aromatic nitrogens is 2. The molecule has 1 aliphatic rings. The molecular formula is C13H13N3O2S. The second kappa shape index (κ2) is 4.31. The number of imidazole rings is 1. The second-order valence-electron chi connectivity index (χ2n) is 4.79. The zero-order chi connectivity index (χ0) is 13.6. The van der Waals surface area contributed by atoms with Crippen LogP contribution >= 0.6 is 12.2 Å². The minimum atomic E-state index is -0.416. The molecule has 0 radical (unpaired) electrons. The van der Waals surface area contributed by atoms with Crippen LogP contribution < -0.4 is 5.32 Å². The van der Waals surface area contributed by atoms with E-state index in [2.05, 4.69) is 10.3 Å². The first-order valence-electron chi connectivity index (χ1n) is 6.11. The van der Waals surface area contributed by atoms with Crippen LogP contribution in [0.4, 0.5) is 0 Å². The third kappa shape index (κ3) is 1.98. The number of rotatable bonds is 1. The van der Waals surface area contributed by atoms with Crippen molar-refractivity contribution in [2.45, 2.75) is 25.8 Å². The van der Waals surface area contributed by atoms with E-state index in [0.29, 0.717) is 17.6 Å². The summed E-state index contributed by atoms with van der Waals surface area (Å²) < 4.78 is 2.31. The summed E-state index contributed by atoms with van der Waals surface area (Å²) in [7, 11) is 0. The molecular weight excluding hydrogens is 262 g/mol. The summed E-state index contributed by atoms with van der Waals surface area (Å²) in [6.07, 6.45) is 0.830. The average molecular weight is 275 g/mol. The van der Waals surface area contributed by atoms with Crippen molar-refractivity contribution in [3.63, 3.8) is 0 Å². The summed E-state index contributed by atoms with van der Waals surface area (Å²) in [4.78, 5) is 26.3. The molecule has 1 saturated heterocycles. The van der Waals surface area contributed by atoms with Gasteiger partial charge >= 0.3 is 0 Å². The predicted octanol–water partition coefficient (Wildman–Crippen LogP) is 1.99. The summed E-state index contributed by atoms with van der Waals surface area (Å²) in [5.74, 6) is -0.501. The molecule has 2 amide bonds. The summed E-state index contributed by atoms with van der Waals surface area (Å²) in [6.45, 7) is 1.99. The number of carbonyl (C=O) groups excluding carboxylic acids is 2. The number of benzene rings is 1. The highest BCUT2D eigenvalue weighted by atomic mass is 32.1. The second-order valence-corrected chi connectivity index (χ2v) is 5.17. The van der Waals surface area contributed by atoms with Crippen molar-refractivity contribution in [2.75, 3.05) is 0 Å². The molecule has 0 aliphatic carbocycles. The number of amides is 2. The number of imide groups is 1. The fraction of sp³-hybridized carbons (Fsp3) is 0.308. The average Bonchev–Trinajstić information content (AvgIpc) is 2.65. The van der Waals surface area contributed by atoms with Crippen LogP contribution in [0, 0.1) is 11.7 Å². The Kier molecular flexibility index (Phi) is 2.74. The van der Waals surface area contributed by atoms with Gasteiger partial charge in [0.05, 0.1) is 11.0 Å². The van der Waals surface area contributed by atoms with Gasteiger partial charge in [0.2, 0.25) is 11.8 Å². The highest BCUT2D eigenvalue weighted by molar-refractivity contribution is 7.71. The van der Waals surface area contributed by atoms with Gasteiger partial charge in [-0.1, -0.05) is 6.07 Å². The van der Waals surface area contributed by atoms with Gasteiger partial charge in [0.25, 0.3) is 0 Å². The third-order valence-corrected chi connectivity index (χ3v) is 3.69. The standard InChI is InChI=1S/C13H13N3O2S/c1-7-2-3-8-10(6-7)16(13(19)14-8)9-4-5-11(17)15-12(9)18/h2-3,6,9H,4-5H2,1H3,(H,14,19)(H,15,17,18). The number of carbonyl (C=O) groups is 2. The number of hydrogen-bond acceptors (Lipinski definition) is 3. The minimum absolute atomic E-state index is 0.219. The Morgan fingerprint density at radius 1 is 1.37 bits per heavy atom. The van der Waals surface area contributed by atoms with Crippen molar-refractivity contribution in [1.82, 2.24) is 14.9 Å². The van der Waals surface area contributed by atoms with Gasteiger partial charge in [-0.2, -0.15) is 0 Å². The van der Waals surface area contributed by atoms with Crippen molar-refractivity contribution in [3.05, 3.63) is 28.5 Å². The molecule has 2 heterocycles. The van der Waals surface area contributed by atoms with Crippen molar-refractivity contribution in [1.29, 1.82) is 0 Å². The summed E-state index contributed by atoms with van der Waals surface area (Å²) >= 11 is 5.30. The van der Waals surface area contributed by atoms with E-state index in [0.717, 1.165) is 16.6 Å². The van der Waals surface area contributed by atoms with Crippen LogP contribution in [0.5, 0.6) is 0 Å². The quantitative estimate of drug-likeness (QED) is 0.618. The molecule has 0 bridgehead atoms. The van der Waals surface area contributed by atoms with Crippen molar-refractivity contribution >= 4 is 35.1 Å². The lowest BCUT2D eigenvalue weighted by Gasteiger charge is -2.22. The Morgan fingerprint density at radius 2 is 2.16 bits per heavy atom. The number of aryl methyl sites for hydroxylation is 1. The summed E-state index contributed by atoms with van der Waals surface area (Å²) in [5.41, 5.74) is 2.90.